The zero-order valence-electron chi connectivity index (χ0n) is 46.2. The lowest BCUT2D eigenvalue weighted by atomic mass is 9.77. The second-order valence-corrected chi connectivity index (χ2v) is 25.5. The zero-order chi connectivity index (χ0) is 59.2. The molecule has 2 N–H and O–H groups in total. The highest BCUT2D eigenvalue weighted by atomic mass is 32.2. The van der Waals surface area contributed by atoms with Crippen LogP contribution in [0.1, 0.15) is 69.5 Å². The summed E-state index contributed by atoms with van der Waals surface area (Å²) < 4.78 is 47.9. The number of carbonyl (C=O) groups excluding carboxylic acids is 5. The fourth-order valence-electron chi connectivity index (χ4n) is 9.03. The highest BCUT2D eigenvalue weighted by molar-refractivity contribution is 8.01. The predicted molar refractivity (Wildman–Crippen MR) is 316 cm³/mol. The average Bonchev–Trinajstić information content (AvgIpc) is 1.69. The highest BCUT2D eigenvalue weighted by Crippen LogP contribution is 2.43. The summed E-state index contributed by atoms with van der Waals surface area (Å²) in [6.07, 6.45) is -2.22. The van der Waals surface area contributed by atoms with Crippen molar-refractivity contribution in [1.29, 1.82) is 0 Å². The van der Waals surface area contributed by atoms with Crippen LogP contribution in [0, 0.1) is 0 Å². The molecule has 0 saturated carbocycles. The van der Waals surface area contributed by atoms with Crippen molar-refractivity contribution in [3.05, 3.63) is 188 Å². The number of rotatable bonds is 18. The first-order valence-electron chi connectivity index (χ1n) is 25.8. The van der Waals surface area contributed by atoms with Crippen molar-refractivity contribution in [1.82, 2.24) is 15.2 Å². The Labute approximate surface area is 492 Å². The molecule has 3 atom stereocenters. The van der Waals surface area contributed by atoms with E-state index in [9.17, 15) is 33.0 Å². The monoisotopic (exact) mass is 1200 g/mol. The Morgan fingerprint density at radius 3 is 1.88 bits per heavy atom. The fourth-order valence-corrected chi connectivity index (χ4v) is 13.8. The van der Waals surface area contributed by atoms with Crippen LogP contribution in [0.4, 0.5) is 14.7 Å². The maximum atomic E-state index is 14.5. The number of β-lactam (4-membered cyclic amide) rings is 1. The standard InChI is InChI=1S/C60H57N5O14S4/c1-58(2,3)78-56(70)76-44-28-41-43(66)29-47(82-46(41)30-45(44)77-57(71)79-59(4,5)6)80-32-36-34-83(72)53-49(52(68)65(53)50(36)54(69)75-31-35-24-26-40(73-7)27-25-35)62-51(67)48(64-74-8)42-33-81-55(61-42)63-60(37-18-12-9-13-19-37,38-20-14-10-15-21-38)39-22-16-11-17-23-39/h9-30,33,49,53H,31-32,34H2,1-8H3,(H,61,63)(H,62,67)/b64-48-/t49?,53-,83?/m1/s1. The van der Waals surface area contributed by atoms with Crippen molar-refractivity contribution in [2.45, 2.75) is 80.5 Å². The van der Waals surface area contributed by atoms with Gasteiger partial charge in [-0.3, -0.25) is 23.5 Å². The van der Waals surface area contributed by atoms with E-state index in [1.54, 1.807) is 71.2 Å². The summed E-state index contributed by atoms with van der Waals surface area (Å²) in [6.45, 7) is 9.63. The Kier molecular flexibility index (Phi) is 17.8. The minimum atomic E-state index is -1.91. The number of hydrogen-bond acceptors (Lipinski definition) is 20. The van der Waals surface area contributed by atoms with E-state index in [-0.39, 0.29) is 57.7 Å². The number of nitrogens with one attached hydrogen (secondary N) is 2. The number of fused-ring (bicyclic) bond motifs is 2. The first-order valence-corrected chi connectivity index (χ1v) is 29.8. The molecular formula is C60H57N5O14S4. The van der Waals surface area contributed by atoms with Gasteiger partial charge >= 0.3 is 18.3 Å². The molecule has 2 amide bonds. The summed E-state index contributed by atoms with van der Waals surface area (Å²) in [5.74, 6) is -2.73. The lowest BCUT2D eigenvalue weighted by molar-refractivity contribution is -0.153. The van der Waals surface area contributed by atoms with Crippen LogP contribution in [-0.4, -0.2) is 98.2 Å². The number of carbonyl (C=O) groups is 5. The van der Waals surface area contributed by atoms with Crippen LogP contribution in [0.15, 0.2) is 164 Å². The van der Waals surface area contributed by atoms with Crippen molar-refractivity contribution in [3.63, 3.8) is 0 Å². The third-order valence-electron chi connectivity index (χ3n) is 12.6. The molecule has 2 aromatic heterocycles. The van der Waals surface area contributed by atoms with E-state index in [0.29, 0.717) is 25.4 Å². The smallest absolute Gasteiger partial charge is 0.497 e. The van der Waals surface area contributed by atoms with Gasteiger partial charge < -0.3 is 43.9 Å². The summed E-state index contributed by atoms with van der Waals surface area (Å²) in [4.78, 5) is 93.9. The average molecular weight is 1200 g/mol. The van der Waals surface area contributed by atoms with Crippen LogP contribution in [0.5, 0.6) is 17.2 Å². The molecule has 19 nitrogen and oxygen atoms in total. The second-order valence-electron chi connectivity index (χ2n) is 20.7. The van der Waals surface area contributed by atoms with E-state index in [0.717, 1.165) is 44.7 Å². The number of methoxy groups -OCH3 is 1. The minimum absolute atomic E-state index is 0.0558. The molecule has 83 heavy (non-hydrogen) atoms. The quantitative estimate of drug-likeness (QED) is 0.0119. The fraction of sp³-hybridized carbons (Fsp3) is 0.267. The van der Waals surface area contributed by atoms with Gasteiger partial charge in [0.15, 0.2) is 27.8 Å². The van der Waals surface area contributed by atoms with E-state index in [1.807, 2.05) is 91.0 Å². The summed E-state index contributed by atoms with van der Waals surface area (Å²) in [5.41, 5.74) is -0.0236. The van der Waals surface area contributed by atoms with Gasteiger partial charge in [-0.2, -0.15) is 0 Å². The molecule has 0 aliphatic carbocycles. The molecule has 1 fully saturated rings. The van der Waals surface area contributed by atoms with Crippen LogP contribution in [-0.2, 0) is 56.4 Å². The highest BCUT2D eigenvalue weighted by Gasteiger charge is 2.57. The molecule has 430 valence electrons. The number of oxime groups is 1. The molecule has 2 unspecified atom stereocenters. The predicted octanol–water partition coefficient (Wildman–Crippen LogP) is 10.3. The number of amides is 2. The molecule has 4 heterocycles. The van der Waals surface area contributed by atoms with Crippen LogP contribution in [0.2, 0.25) is 0 Å². The van der Waals surface area contributed by atoms with Crippen molar-refractivity contribution in [2.24, 2.45) is 5.16 Å². The maximum absolute atomic E-state index is 14.5. The first kappa shape index (κ1) is 59.2. The van der Waals surface area contributed by atoms with Gasteiger partial charge in [0.2, 0.25) is 0 Å². The van der Waals surface area contributed by atoms with Gasteiger partial charge in [0.1, 0.15) is 59.0 Å². The number of nitrogens with zero attached hydrogens (tertiary/aromatic N) is 3. The van der Waals surface area contributed by atoms with Crippen LogP contribution in [0.3, 0.4) is 0 Å². The number of benzene rings is 5. The summed E-state index contributed by atoms with van der Waals surface area (Å²) in [7, 11) is 0.871. The van der Waals surface area contributed by atoms with Gasteiger partial charge in [-0.05, 0) is 87.6 Å². The van der Waals surface area contributed by atoms with Crippen molar-refractivity contribution in [3.8, 4) is 17.2 Å². The number of anilines is 1. The molecule has 0 spiro atoms. The zero-order valence-corrected chi connectivity index (χ0v) is 49.5. The molecular weight excluding hydrogens is 1140 g/mol. The summed E-state index contributed by atoms with van der Waals surface area (Å²) >= 11 is 3.44. The third kappa shape index (κ3) is 13.6. The minimum Gasteiger partial charge on any atom is -0.497 e. The van der Waals surface area contributed by atoms with Gasteiger partial charge in [0.25, 0.3) is 11.8 Å². The molecule has 2 aliphatic rings. The van der Waals surface area contributed by atoms with Gasteiger partial charge in [-0.1, -0.05) is 108 Å². The number of aromatic nitrogens is 1. The van der Waals surface area contributed by atoms with Gasteiger partial charge in [0.05, 0.1) is 27.9 Å². The van der Waals surface area contributed by atoms with Crippen LogP contribution in [0.25, 0.3) is 10.1 Å². The van der Waals surface area contributed by atoms with Crippen molar-refractivity contribution >= 4 is 96.3 Å². The van der Waals surface area contributed by atoms with Crippen molar-refractivity contribution in [2.75, 3.05) is 31.0 Å². The third-order valence-corrected chi connectivity index (χ3v) is 17.4. The lowest BCUT2D eigenvalue weighted by Gasteiger charge is -2.49. The molecule has 23 heteroatoms. The Bertz CT molecular complexity index is 3630. The van der Waals surface area contributed by atoms with Gasteiger partial charge in [0, 0.05) is 33.4 Å². The van der Waals surface area contributed by atoms with Crippen LogP contribution < -0.4 is 30.3 Å². The molecule has 2 aliphatic heterocycles. The van der Waals surface area contributed by atoms with E-state index >= 15 is 0 Å². The molecule has 7 aromatic rings. The van der Waals surface area contributed by atoms with E-state index in [2.05, 4.69) is 15.8 Å². The topological polar surface area (TPSA) is 237 Å². The summed E-state index contributed by atoms with van der Waals surface area (Å²) in [6, 6.07) is 39.0. The molecule has 0 bridgehead atoms. The Balaban J connectivity index is 0.990. The second kappa shape index (κ2) is 25.0. The van der Waals surface area contributed by atoms with E-state index in [4.69, 9.17) is 38.2 Å². The number of esters is 1. The number of hydrogen-bond donors (Lipinski definition) is 2. The Morgan fingerprint density at radius 1 is 0.771 bits per heavy atom. The Hall–Kier alpha value is -8.38. The lowest BCUT2D eigenvalue weighted by Crippen LogP contribution is -2.74. The van der Waals surface area contributed by atoms with Crippen molar-refractivity contribution < 1.29 is 61.4 Å². The Morgan fingerprint density at radius 2 is 1.34 bits per heavy atom. The molecule has 1 saturated heterocycles. The maximum Gasteiger partial charge on any atom is 0.514 e. The molecule has 5 aromatic carbocycles. The number of thioether (sulfide) groups is 1. The van der Waals surface area contributed by atoms with E-state index < -0.39 is 74.5 Å². The largest absolute Gasteiger partial charge is 0.514 e. The first-order chi connectivity index (χ1) is 39.6. The summed E-state index contributed by atoms with van der Waals surface area (Å²) in [5, 5.41) is 11.4. The van der Waals surface area contributed by atoms with Crippen LogP contribution >= 0.6 is 34.4 Å². The van der Waals surface area contributed by atoms with Gasteiger partial charge in [-0.25, -0.2) is 19.4 Å². The molecule has 9 rings (SSSR count). The molecule has 0 radical (unpaired) electrons. The normalized spacial score (nSPS) is 16.2. The number of thiazole rings is 1. The number of ether oxygens (including phenoxy) is 6. The SMILES string of the molecule is CO/N=C(\C(=O)NC1C(=O)N2C(C(=O)OCc3ccc(OC)cc3)=C(CSc3cc(=O)c4cc(OC(=O)OC(C)(C)C)c(OC(=O)OC(C)(C)C)cc4s3)CS(=O)[C@H]12)c1csc(NC(c2ccccc2)(c2ccccc2)c2ccccc2)n1. The van der Waals surface area contributed by atoms with Gasteiger partial charge in [-0.15, -0.1) is 34.4 Å². The van der Waals surface area contributed by atoms with E-state index in [1.165, 1.54) is 43.8 Å².